The first-order chi connectivity index (χ1) is 8.20. The van der Waals surface area contributed by atoms with Crippen LogP contribution in [0, 0.1) is 13.8 Å². The van der Waals surface area contributed by atoms with E-state index >= 15 is 0 Å². The molecule has 1 saturated carbocycles. The van der Waals surface area contributed by atoms with Crippen LogP contribution >= 0.6 is 0 Å². The van der Waals surface area contributed by atoms with Crippen LogP contribution in [0.1, 0.15) is 43.0 Å². The van der Waals surface area contributed by atoms with Gasteiger partial charge in [0.2, 0.25) is 5.89 Å². The lowest BCUT2D eigenvalue weighted by atomic mass is 9.91. The van der Waals surface area contributed by atoms with Crippen LogP contribution in [-0.2, 0) is 6.54 Å². The lowest BCUT2D eigenvalue weighted by Gasteiger charge is -2.36. The van der Waals surface area contributed by atoms with Gasteiger partial charge in [-0.15, -0.1) is 0 Å². The number of hydrogen-bond donors (Lipinski definition) is 1. The van der Waals surface area contributed by atoms with Gasteiger partial charge in [0, 0.05) is 19.2 Å². The lowest BCUT2D eigenvalue weighted by Crippen LogP contribution is -2.40. The Balaban J connectivity index is 1.95. The van der Waals surface area contributed by atoms with Gasteiger partial charge >= 0.3 is 0 Å². The Morgan fingerprint density at radius 1 is 1.41 bits per heavy atom. The van der Waals surface area contributed by atoms with Gasteiger partial charge in [0.25, 0.3) is 0 Å². The van der Waals surface area contributed by atoms with Crippen LogP contribution < -0.4 is 0 Å². The van der Waals surface area contributed by atoms with Crippen LogP contribution in [-0.4, -0.2) is 34.2 Å². The summed E-state index contributed by atoms with van der Waals surface area (Å²) in [6.45, 7) is 5.89. The standard InChI is InChI=1S/C13H22N2O2/c1-10-11(2)17-13(14-10)9-15(7-4-8-16)12-5-3-6-12/h12,16H,3-9H2,1-2H3. The molecular formula is C13H22N2O2. The third-order valence-electron chi connectivity index (χ3n) is 3.61. The van der Waals surface area contributed by atoms with Crippen LogP contribution in [0.15, 0.2) is 4.42 Å². The van der Waals surface area contributed by atoms with Gasteiger partial charge < -0.3 is 9.52 Å². The maximum absolute atomic E-state index is 8.94. The fraction of sp³-hybridized carbons (Fsp3) is 0.769. The van der Waals surface area contributed by atoms with Crippen molar-refractivity contribution in [2.45, 2.75) is 52.1 Å². The summed E-state index contributed by atoms with van der Waals surface area (Å²) in [5.41, 5.74) is 0.982. The molecule has 0 unspecified atom stereocenters. The predicted molar refractivity (Wildman–Crippen MR) is 65.7 cm³/mol. The molecule has 0 spiro atoms. The average Bonchev–Trinajstić information content (AvgIpc) is 2.52. The van der Waals surface area contributed by atoms with Crippen molar-refractivity contribution in [1.82, 2.24) is 9.88 Å². The summed E-state index contributed by atoms with van der Waals surface area (Å²) in [4.78, 5) is 6.82. The molecule has 1 N–H and O–H groups in total. The number of hydrogen-bond acceptors (Lipinski definition) is 4. The quantitative estimate of drug-likeness (QED) is 0.824. The third-order valence-corrected chi connectivity index (χ3v) is 3.61. The fourth-order valence-electron chi connectivity index (χ4n) is 2.20. The summed E-state index contributed by atoms with van der Waals surface area (Å²) in [6.07, 6.45) is 4.69. The van der Waals surface area contributed by atoms with Crippen molar-refractivity contribution in [3.8, 4) is 0 Å². The van der Waals surface area contributed by atoms with Gasteiger partial charge in [-0.3, -0.25) is 4.90 Å². The minimum atomic E-state index is 0.257. The summed E-state index contributed by atoms with van der Waals surface area (Å²) in [5, 5.41) is 8.94. The highest BCUT2D eigenvalue weighted by molar-refractivity contribution is 5.05. The van der Waals surface area contributed by atoms with E-state index < -0.39 is 0 Å². The van der Waals surface area contributed by atoms with Crippen molar-refractivity contribution >= 4 is 0 Å². The van der Waals surface area contributed by atoms with Crippen LogP contribution in [0.2, 0.25) is 0 Å². The molecule has 4 heteroatoms. The first-order valence-corrected chi connectivity index (χ1v) is 6.48. The van der Waals surface area contributed by atoms with Crippen molar-refractivity contribution < 1.29 is 9.52 Å². The molecule has 4 nitrogen and oxygen atoms in total. The van der Waals surface area contributed by atoms with Gasteiger partial charge in [-0.2, -0.15) is 0 Å². The summed E-state index contributed by atoms with van der Waals surface area (Å²) >= 11 is 0. The Morgan fingerprint density at radius 2 is 2.18 bits per heavy atom. The minimum absolute atomic E-state index is 0.257. The molecule has 1 aliphatic carbocycles. The first kappa shape index (κ1) is 12.6. The SMILES string of the molecule is Cc1nc(CN(CCCO)C2CCC2)oc1C. The molecular weight excluding hydrogens is 216 g/mol. The molecule has 17 heavy (non-hydrogen) atoms. The molecule has 1 heterocycles. The molecule has 1 aromatic rings. The largest absolute Gasteiger partial charge is 0.444 e. The maximum atomic E-state index is 8.94. The van der Waals surface area contributed by atoms with Gasteiger partial charge in [-0.05, 0) is 33.1 Å². The molecule has 0 aliphatic heterocycles. The number of aliphatic hydroxyl groups is 1. The Kier molecular flexibility index (Phi) is 4.18. The number of aliphatic hydroxyl groups excluding tert-OH is 1. The monoisotopic (exact) mass is 238 g/mol. The Hall–Kier alpha value is -0.870. The number of oxazole rings is 1. The van der Waals surface area contributed by atoms with E-state index in [2.05, 4.69) is 9.88 Å². The van der Waals surface area contributed by atoms with Gasteiger partial charge in [0.05, 0.1) is 12.2 Å². The zero-order valence-corrected chi connectivity index (χ0v) is 10.8. The third kappa shape index (κ3) is 3.07. The van der Waals surface area contributed by atoms with E-state index in [9.17, 15) is 0 Å². The fourth-order valence-corrected chi connectivity index (χ4v) is 2.20. The van der Waals surface area contributed by atoms with Crippen molar-refractivity contribution in [2.75, 3.05) is 13.2 Å². The highest BCUT2D eigenvalue weighted by Gasteiger charge is 2.25. The van der Waals surface area contributed by atoms with E-state index in [0.717, 1.165) is 36.9 Å². The minimum Gasteiger partial charge on any atom is -0.444 e. The summed E-state index contributed by atoms with van der Waals surface area (Å²) in [7, 11) is 0. The van der Waals surface area contributed by atoms with Crippen LogP contribution in [0.25, 0.3) is 0 Å². The number of rotatable bonds is 6. The summed E-state index contributed by atoms with van der Waals surface area (Å²) in [6, 6.07) is 0.661. The van der Waals surface area contributed by atoms with Crippen molar-refractivity contribution in [2.24, 2.45) is 0 Å². The second kappa shape index (κ2) is 5.65. The van der Waals surface area contributed by atoms with E-state index in [4.69, 9.17) is 9.52 Å². The number of aryl methyl sites for hydroxylation is 2. The highest BCUT2D eigenvalue weighted by Crippen LogP contribution is 2.26. The summed E-state index contributed by atoms with van der Waals surface area (Å²) < 4.78 is 5.63. The topological polar surface area (TPSA) is 49.5 Å². The zero-order valence-electron chi connectivity index (χ0n) is 10.8. The predicted octanol–water partition coefficient (Wildman–Crippen LogP) is 2.03. The van der Waals surface area contributed by atoms with Crippen LogP contribution in [0.4, 0.5) is 0 Å². The van der Waals surface area contributed by atoms with Gasteiger partial charge in [0.15, 0.2) is 0 Å². The maximum Gasteiger partial charge on any atom is 0.208 e. The van der Waals surface area contributed by atoms with Crippen molar-refractivity contribution in [3.63, 3.8) is 0 Å². The first-order valence-electron chi connectivity index (χ1n) is 6.48. The Morgan fingerprint density at radius 3 is 2.65 bits per heavy atom. The Bertz CT molecular complexity index is 339. The summed E-state index contributed by atoms with van der Waals surface area (Å²) in [5.74, 6) is 1.72. The normalized spacial score (nSPS) is 16.5. The molecule has 0 atom stereocenters. The molecule has 96 valence electrons. The van der Waals surface area contributed by atoms with E-state index in [-0.39, 0.29) is 6.61 Å². The molecule has 2 rings (SSSR count). The lowest BCUT2D eigenvalue weighted by molar-refractivity contribution is 0.0993. The molecule has 1 aromatic heterocycles. The van der Waals surface area contributed by atoms with E-state index in [1.807, 2.05) is 13.8 Å². The van der Waals surface area contributed by atoms with Crippen molar-refractivity contribution in [1.29, 1.82) is 0 Å². The van der Waals surface area contributed by atoms with Crippen LogP contribution in [0.3, 0.4) is 0 Å². The smallest absolute Gasteiger partial charge is 0.208 e. The molecule has 1 aliphatic rings. The zero-order chi connectivity index (χ0) is 12.3. The molecule has 0 saturated heterocycles. The van der Waals surface area contributed by atoms with E-state index in [0.29, 0.717) is 6.04 Å². The number of aromatic nitrogens is 1. The molecule has 0 radical (unpaired) electrons. The molecule has 0 aromatic carbocycles. The van der Waals surface area contributed by atoms with E-state index in [1.165, 1.54) is 19.3 Å². The van der Waals surface area contributed by atoms with Gasteiger partial charge in [0.1, 0.15) is 5.76 Å². The number of nitrogens with zero attached hydrogens (tertiary/aromatic N) is 2. The van der Waals surface area contributed by atoms with Crippen LogP contribution in [0.5, 0.6) is 0 Å². The Labute approximate surface area is 103 Å². The van der Waals surface area contributed by atoms with Gasteiger partial charge in [-0.25, -0.2) is 4.98 Å². The molecule has 0 bridgehead atoms. The average molecular weight is 238 g/mol. The van der Waals surface area contributed by atoms with Gasteiger partial charge in [-0.1, -0.05) is 6.42 Å². The van der Waals surface area contributed by atoms with E-state index in [1.54, 1.807) is 0 Å². The molecule has 0 amide bonds. The molecule has 1 fully saturated rings. The second-order valence-corrected chi connectivity index (χ2v) is 4.88. The highest BCUT2D eigenvalue weighted by atomic mass is 16.4. The second-order valence-electron chi connectivity index (χ2n) is 4.88. The van der Waals surface area contributed by atoms with Crippen molar-refractivity contribution in [3.05, 3.63) is 17.3 Å².